The van der Waals surface area contributed by atoms with E-state index in [0.717, 1.165) is 52.2 Å². The summed E-state index contributed by atoms with van der Waals surface area (Å²) in [6, 6.07) is 0.0156. The first-order valence-corrected chi connectivity index (χ1v) is 9.02. The molecule has 9 heteroatoms. The summed E-state index contributed by atoms with van der Waals surface area (Å²) in [5.41, 5.74) is 0. The quantitative estimate of drug-likeness (QED) is 0.399. The van der Waals surface area contributed by atoms with Crippen LogP contribution in [0.3, 0.4) is 0 Å². The van der Waals surface area contributed by atoms with Gasteiger partial charge in [0.1, 0.15) is 0 Å². The molecule has 25 heavy (non-hydrogen) atoms. The van der Waals surface area contributed by atoms with E-state index in [1.165, 1.54) is 4.90 Å². The summed E-state index contributed by atoms with van der Waals surface area (Å²) >= 11 is 0. The fourth-order valence-electron chi connectivity index (χ4n) is 3.23. The van der Waals surface area contributed by atoms with E-state index in [-0.39, 0.29) is 6.04 Å². The molecule has 0 aromatic heterocycles. The molecule has 0 amide bonds. The third-order valence-corrected chi connectivity index (χ3v) is 4.54. The first kappa shape index (κ1) is 20.3. The van der Waals surface area contributed by atoms with Crippen molar-refractivity contribution in [2.45, 2.75) is 31.5 Å². The number of guanidine groups is 1. The highest BCUT2D eigenvalue weighted by Gasteiger charge is 2.34. The molecule has 0 spiro atoms. The molecule has 1 atom stereocenters. The Morgan fingerprint density at radius 2 is 1.92 bits per heavy atom. The van der Waals surface area contributed by atoms with E-state index in [2.05, 4.69) is 20.5 Å². The van der Waals surface area contributed by atoms with Crippen LogP contribution in [0.2, 0.25) is 0 Å². The second-order valence-electron chi connectivity index (χ2n) is 6.64. The number of aliphatic imine (C=N–C) groups is 1. The summed E-state index contributed by atoms with van der Waals surface area (Å²) in [6.07, 6.45) is -1.29. The molecule has 2 heterocycles. The number of hydrogen-bond acceptors (Lipinski definition) is 4. The van der Waals surface area contributed by atoms with E-state index in [1.807, 2.05) is 0 Å². The molecule has 2 aliphatic heterocycles. The molecule has 2 rings (SSSR count). The van der Waals surface area contributed by atoms with Crippen molar-refractivity contribution < 1.29 is 17.9 Å². The number of halogens is 3. The number of morpholine rings is 1. The highest BCUT2D eigenvalue weighted by molar-refractivity contribution is 5.79. The van der Waals surface area contributed by atoms with E-state index < -0.39 is 12.7 Å². The number of nitrogens with one attached hydrogen (secondary N) is 2. The van der Waals surface area contributed by atoms with Crippen molar-refractivity contribution in [3.8, 4) is 0 Å². The molecule has 0 saturated carbocycles. The Morgan fingerprint density at radius 1 is 1.16 bits per heavy atom. The summed E-state index contributed by atoms with van der Waals surface area (Å²) in [6.45, 7) is 5.57. The lowest BCUT2D eigenvalue weighted by Gasteiger charge is -2.26. The number of nitrogens with zero attached hydrogens (tertiary/aromatic N) is 3. The topological polar surface area (TPSA) is 52.1 Å². The molecule has 0 aliphatic carbocycles. The van der Waals surface area contributed by atoms with Gasteiger partial charge in [-0.3, -0.25) is 14.8 Å². The van der Waals surface area contributed by atoms with Gasteiger partial charge in [-0.25, -0.2) is 0 Å². The van der Waals surface area contributed by atoms with Gasteiger partial charge in [0.2, 0.25) is 0 Å². The molecule has 0 bridgehead atoms. The molecule has 2 saturated heterocycles. The Balaban J connectivity index is 1.56. The Labute approximate surface area is 147 Å². The lowest BCUT2D eigenvalue weighted by atomic mass is 10.2. The van der Waals surface area contributed by atoms with Crippen molar-refractivity contribution in [1.82, 2.24) is 20.4 Å². The summed E-state index contributed by atoms with van der Waals surface area (Å²) in [4.78, 5) is 8.01. The molecule has 0 aromatic rings. The van der Waals surface area contributed by atoms with Crippen molar-refractivity contribution in [3.63, 3.8) is 0 Å². The molecule has 146 valence electrons. The van der Waals surface area contributed by atoms with Crippen LogP contribution in [-0.2, 0) is 4.74 Å². The van der Waals surface area contributed by atoms with Gasteiger partial charge < -0.3 is 15.4 Å². The van der Waals surface area contributed by atoms with E-state index in [4.69, 9.17) is 4.74 Å². The van der Waals surface area contributed by atoms with Crippen LogP contribution < -0.4 is 10.6 Å². The van der Waals surface area contributed by atoms with Gasteiger partial charge >= 0.3 is 6.18 Å². The van der Waals surface area contributed by atoms with Crippen LogP contribution in [0.5, 0.6) is 0 Å². The van der Waals surface area contributed by atoms with Crippen molar-refractivity contribution in [3.05, 3.63) is 0 Å². The molecular formula is C16H30F3N5O. The van der Waals surface area contributed by atoms with Gasteiger partial charge in [-0.05, 0) is 25.8 Å². The third kappa shape index (κ3) is 8.24. The number of unbranched alkanes of at least 4 members (excludes halogenated alkanes) is 1. The number of rotatable bonds is 7. The number of alkyl halides is 3. The first-order valence-electron chi connectivity index (χ1n) is 9.02. The van der Waals surface area contributed by atoms with Crippen LogP contribution in [0.4, 0.5) is 13.2 Å². The fourth-order valence-corrected chi connectivity index (χ4v) is 3.23. The summed E-state index contributed by atoms with van der Waals surface area (Å²) in [5.74, 6) is 0.672. The molecular weight excluding hydrogens is 335 g/mol. The Bertz CT molecular complexity index is 413. The Hall–Kier alpha value is -1.06. The maximum absolute atomic E-state index is 12.4. The minimum atomic E-state index is -4.13. The molecule has 2 fully saturated rings. The van der Waals surface area contributed by atoms with E-state index in [9.17, 15) is 13.2 Å². The Morgan fingerprint density at radius 3 is 2.60 bits per heavy atom. The van der Waals surface area contributed by atoms with E-state index in [1.54, 1.807) is 7.05 Å². The SMILES string of the molecule is CN=C(NCCCCN1CCOCC1)NC1CCN(CC(F)(F)F)C1. The predicted octanol–water partition coefficient (Wildman–Crippen LogP) is 0.900. The van der Waals surface area contributed by atoms with Crippen molar-refractivity contribution in [2.24, 2.45) is 4.99 Å². The third-order valence-electron chi connectivity index (χ3n) is 4.54. The van der Waals surface area contributed by atoms with Crippen LogP contribution >= 0.6 is 0 Å². The maximum Gasteiger partial charge on any atom is 0.401 e. The normalized spacial score (nSPS) is 23.8. The van der Waals surface area contributed by atoms with Gasteiger partial charge in [0.05, 0.1) is 19.8 Å². The van der Waals surface area contributed by atoms with E-state index in [0.29, 0.717) is 25.5 Å². The molecule has 0 radical (unpaired) electrons. The molecule has 1 unspecified atom stereocenters. The standard InChI is InChI=1S/C16H30F3N5O/c1-20-15(21-5-2-3-6-23-8-10-25-11-9-23)22-14-4-7-24(12-14)13-16(17,18)19/h14H,2-13H2,1H3,(H2,20,21,22). The van der Waals surface area contributed by atoms with Gasteiger partial charge in [0.15, 0.2) is 5.96 Å². The monoisotopic (exact) mass is 365 g/mol. The average Bonchev–Trinajstić information content (AvgIpc) is 2.99. The lowest BCUT2D eigenvalue weighted by molar-refractivity contribution is -0.143. The smallest absolute Gasteiger partial charge is 0.379 e. The van der Waals surface area contributed by atoms with Gasteiger partial charge in [0.25, 0.3) is 0 Å². The zero-order valence-electron chi connectivity index (χ0n) is 14.9. The van der Waals surface area contributed by atoms with Crippen molar-refractivity contribution >= 4 is 5.96 Å². The van der Waals surface area contributed by atoms with Gasteiger partial charge in [0, 0.05) is 45.8 Å². The second-order valence-corrected chi connectivity index (χ2v) is 6.64. The van der Waals surface area contributed by atoms with Crippen LogP contribution in [0.1, 0.15) is 19.3 Å². The number of ether oxygens (including phenoxy) is 1. The molecule has 2 N–H and O–H groups in total. The molecule has 0 aromatic carbocycles. The molecule has 6 nitrogen and oxygen atoms in total. The van der Waals surface area contributed by atoms with Crippen molar-refractivity contribution in [1.29, 1.82) is 0 Å². The lowest BCUT2D eigenvalue weighted by Crippen LogP contribution is -2.45. The minimum absolute atomic E-state index is 0.0156. The van der Waals surface area contributed by atoms with Gasteiger partial charge in [-0.15, -0.1) is 0 Å². The average molecular weight is 365 g/mol. The predicted molar refractivity (Wildman–Crippen MR) is 91.9 cm³/mol. The summed E-state index contributed by atoms with van der Waals surface area (Å²) < 4.78 is 42.6. The minimum Gasteiger partial charge on any atom is -0.379 e. The van der Waals surface area contributed by atoms with Gasteiger partial charge in [-0.2, -0.15) is 13.2 Å². The van der Waals surface area contributed by atoms with Gasteiger partial charge in [-0.1, -0.05) is 0 Å². The van der Waals surface area contributed by atoms with Crippen LogP contribution in [0.15, 0.2) is 4.99 Å². The zero-order valence-corrected chi connectivity index (χ0v) is 14.9. The number of likely N-dealkylation sites (tertiary alicyclic amines) is 1. The number of hydrogen-bond donors (Lipinski definition) is 2. The zero-order chi connectivity index (χ0) is 18.1. The van der Waals surface area contributed by atoms with Crippen molar-refractivity contribution in [2.75, 3.05) is 66.1 Å². The van der Waals surface area contributed by atoms with Crippen LogP contribution in [0, 0.1) is 0 Å². The van der Waals surface area contributed by atoms with Crippen LogP contribution in [-0.4, -0.2) is 94.1 Å². The Kier molecular flexibility index (Phi) is 8.25. The largest absolute Gasteiger partial charge is 0.401 e. The highest BCUT2D eigenvalue weighted by Crippen LogP contribution is 2.19. The fraction of sp³-hybridized carbons (Fsp3) is 0.938. The van der Waals surface area contributed by atoms with E-state index >= 15 is 0 Å². The first-order chi connectivity index (χ1) is 12.0. The molecule has 2 aliphatic rings. The highest BCUT2D eigenvalue weighted by atomic mass is 19.4. The summed E-state index contributed by atoms with van der Waals surface area (Å²) in [7, 11) is 1.69. The second kappa shape index (κ2) is 10.2. The maximum atomic E-state index is 12.4. The summed E-state index contributed by atoms with van der Waals surface area (Å²) in [5, 5.41) is 6.48. The van der Waals surface area contributed by atoms with Crippen LogP contribution in [0.25, 0.3) is 0 Å².